The summed E-state index contributed by atoms with van der Waals surface area (Å²) in [5.41, 5.74) is 0. The van der Waals surface area contributed by atoms with E-state index in [9.17, 15) is 9.59 Å². The van der Waals surface area contributed by atoms with Gasteiger partial charge in [-0.15, -0.1) is 0 Å². The first kappa shape index (κ1) is 16.3. The summed E-state index contributed by atoms with van der Waals surface area (Å²) in [6, 6.07) is 0.585. The Balaban J connectivity index is 1.65. The highest BCUT2D eigenvalue weighted by Gasteiger charge is 2.37. The number of aliphatic carboxylic acids is 1. The zero-order valence-electron chi connectivity index (χ0n) is 13.0. The minimum absolute atomic E-state index is 0.137. The van der Waals surface area contributed by atoms with E-state index in [-0.39, 0.29) is 18.5 Å². The molecule has 2 rings (SSSR count). The number of amides is 1. The van der Waals surface area contributed by atoms with E-state index in [0.29, 0.717) is 18.4 Å². The van der Waals surface area contributed by atoms with E-state index in [0.717, 1.165) is 38.6 Å². The van der Waals surface area contributed by atoms with Crippen molar-refractivity contribution in [1.82, 2.24) is 10.2 Å². The third-order valence-corrected chi connectivity index (χ3v) is 4.53. The Morgan fingerprint density at radius 3 is 2.52 bits per heavy atom. The smallest absolute Gasteiger partial charge is 0.317 e. The topological polar surface area (TPSA) is 69.6 Å². The number of nitrogens with zero attached hydrogens (tertiary/aromatic N) is 1. The zero-order valence-corrected chi connectivity index (χ0v) is 13.0. The van der Waals surface area contributed by atoms with E-state index in [1.807, 2.05) is 0 Å². The lowest BCUT2D eigenvalue weighted by Crippen LogP contribution is -2.55. The maximum Gasteiger partial charge on any atom is 0.317 e. The van der Waals surface area contributed by atoms with Crippen molar-refractivity contribution in [2.24, 2.45) is 5.92 Å². The molecule has 0 bridgehead atoms. The standard InChI is InChI=1S/C16H28N2O3/c1-2-3-4-5-15(19)17-13-8-14(9-13)18(11-16(20)21)10-12-6-7-12/h12-14H,2-11H2,1H3,(H,17,19)(H,20,21). The van der Waals surface area contributed by atoms with Crippen molar-refractivity contribution >= 4 is 11.9 Å². The molecular formula is C16H28N2O3. The first-order chi connectivity index (χ1) is 10.1. The molecule has 0 saturated heterocycles. The number of carboxylic acid groups (broad SMARTS) is 1. The van der Waals surface area contributed by atoms with Gasteiger partial charge in [0.2, 0.25) is 5.91 Å². The van der Waals surface area contributed by atoms with E-state index >= 15 is 0 Å². The Morgan fingerprint density at radius 2 is 1.95 bits per heavy atom. The van der Waals surface area contributed by atoms with E-state index in [1.165, 1.54) is 12.8 Å². The van der Waals surface area contributed by atoms with Crippen LogP contribution in [0.3, 0.4) is 0 Å². The molecule has 5 heteroatoms. The first-order valence-electron chi connectivity index (χ1n) is 8.33. The second-order valence-corrected chi connectivity index (χ2v) is 6.61. The van der Waals surface area contributed by atoms with E-state index in [2.05, 4.69) is 17.1 Å². The third kappa shape index (κ3) is 5.65. The van der Waals surface area contributed by atoms with Crippen LogP contribution in [0.4, 0.5) is 0 Å². The van der Waals surface area contributed by atoms with Crippen LogP contribution in [0.25, 0.3) is 0 Å². The Kier molecular flexibility index (Phi) is 6.03. The molecule has 0 unspecified atom stereocenters. The zero-order chi connectivity index (χ0) is 15.2. The molecule has 1 amide bonds. The minimum atomic E-state index is -0.747. The number of carboxylic acids is 1. The minimum Gasteiger partial charge on any atom is -0.480 e. The summed E-state index contributed by atoms with van der Waals surface area (Å²) >= 11 is 0. The van der Waals surface area contributed by atoms with E-state index < -0.39 is 5.97 Å². The lowest BCUT2D eigenvalue weighted by atomic mass is 9.85. The predicted octanol–water partition coefficient (Wildman–Crippen LogP) is 2.01. The van der Waals surface area contributed by atoms with Gasteiger partial charge >= 0.3 is 5.97 Å². The summed E-state index contributed by atoms with van der Waals surface area (Å²) in [5, 5.41) is 12.1. The number of hydrogen-bond donors (Lipinski definition) is 2. The SMILES string of the molecule is CCCCCC(=O)NC1CC(N(CC(=O)O)CC2CC2)C1. The summed E-state index contributed by atoms with van der Waals surface area (Å²) in [5.74, 6) is 0.105. The first-order valence-corrected chi connectivity index (χ1v) is 8.33. The molecule has 21 heavy (non-hydrogen) atoms. The average Bonchev–Trinajstić information content (AvgIpc) is 3.16. The van der Waals surface area contributed by atoms with Gasteiger partial charge in [-0.25, -0.2) is 0 Å². The van der Waals surface area contributed by atoms with Gasteiger partial charge in [-0.05, 0) is 38.0 Å². The molecule has 0 spiro atoms. The van der Waals surface area contributed by atoms with Crippen molar-refractivity contribution in [2.75, 3.05) is 13.1 Å². The van der Waals surface area contributed by atoms with E-state index in [4.69, 9.17) is 5.11 Å². The molecule has 0 aromatic carbocycles. The van der Waals surface area contributed by atoms with Gasteiger partial charge in [0.15, 0.2) is 0 Å². The van der Waals surface area contributed by atoms with Gasteiger partial charge < -0.3 is 10.4 Å². The van der Waals surface area contributed by atoms with Crippen molar-refractivity contribution in [2.45, 2.75) is 70.4 Å². The number of rotatable bonds is 10. The number of carbonyl (C=O) groups is 2. The highest BCUT2D eigenvalue weighted by atomic mass is 16.4. The molecular weight excluding hydrogens is 268 g/mol. The number of unbranched alkanes of at least 4 members (excludes halogenated alkanes) is 2. The van der Waals surface area contributed by atoms with Crippen LogP contribution in [-0.2, 0) is 9.59 Å². The number of nitrogens with one attached hydrogen (secondary N) is 1. The van der Waals surface area contributed by atoms with Gasteiger partial charge in [-0.2, -0.15) is 0 Å². The second-order valence-electron chi connectivity index (χ2n) is 6.61. The molecule has 0 atom stereocenters. The van der Waals surface area contributed by atoms with Gasteiger partial charge in [0.1, 0.15) is 0 Å². The van der Waals surface area contributed by atoms with Gasteiger partial charge in [-0.3, -0.25) is 14.5 Å². The molecule has 2 fully saturated rings. The molecule has 0 aromatic heterocycles. The van der Waals surface area contributed by atoms with Crippen LogP contribution in [-0.4, -0.2) is 47.1 Å². The summed E-state index contributed by atoms with van der Waals surface area (Å²) in [4.78, 5) is 24.8. The highest BCUT2D eigenvalue weighted by Crippen LogP contribution is 2.33. The molecule has 0 heterocycles. The lowest BCUT2D eigenvalue weighted by molar-refractivity contribution is -0.140. The fourth-order valence-electron chi connectivity index (χ4n) is 2.99. The average molecular weight is 296 g/mol. The summed E-state index contributed by atoms with van der Waals surface area (Å²) in [6.45, 7) is 3.18. The van der Waals surface area contributed by atoms with Crippen LogP contribution < -0.4 is 5.32 Å². The van der Waals surface area contributed by atoms with Gasteiger partial charge in [0.25, 0.3) is 0 Å². The Labute approximate surface area is 127 Å². The molecule has 2 aliphatic carbocycles. The molecule has 5 nitrogen and oxygen atoms in total. The molecule has 0 radical (unpaired) electrons. The van der Waals surface area contributed by atoms with Gasteiger partial charge in [0.05, 0.1) is 6.54 Å². The van der Waals surface area contributed by atoms with Crippen molar-refractivity contribution in [3.05, 3.63) is 0 Å². The summed E-state index contributed by atoms with van der Waals surface area (Å²) in [7, 11) is 0. The van der Waals surface area contributed by atoms with Crippen LogP contribution in [0.1, 0.15) is 58.3 Å². The molecule has 2 N–H and O–H groups in total. The highest BCUT2D eigenvalue weighted by molar-refractivity contribution is 5.76. The second kappa shape index (κ2) is 7.78. The molecule has 2 aliphatic rings. The third-order valence-electron chi connectivity index (χ3n) is 4.53. The Morgan fingerprint density at radius 1 is 1.24 bits per heavy atom. The van der Waals surface area contributed by atoms with Crippen LogP contribution in [0.5, 0.6) is 0 Å². The Bertz CT molecular complexity index is 363. The molecule has 2 saturated carbocycles. The molecule has 0 aliphatic heterocycles. The largest absolute Gasteiger partial charge is 0.480 e. The quantitative estimate of drug-likeness (QED) is 0.605. The van der Waals surface area contributed by atoms with Crippen LogP contribution >= 0.6 is 0 Å². The predicted molar refractivity (Wildman–Crippen MR) is 81.0 cm³/mol. The summed E-state index contributed by atoms with van der Waals surface area (Å²) in [6.07, 6.45) is 8.10. The fourth-order valence-corrected chi connectivity index (χ4v) is 2.99. The monoisotopic (exact) mass is 296 g/mol. The molecule has 0 aromatic rings. The van der Waals surface area contributed by atoms with Crippen molar-refractivity contribution in [3.8, 4) is 0 Å². The normalized spacial score (nSPS) is 24.7. The number of hydrogen-bond acceptors (Lipinski definition) is 3. The summed E-state index contributed by atoms with van der Waals surface area (Å²) < 4.78 is 0. The van der Waals surface area contributed by atoms with Crippen LogP contribution in [0, 0.1) is 5.92 Å². The number of carbonyl (C=O) groups excluding carboxylic acids is 1. The van der Waals surface area contributed by atoms with Crippen molar-refractivity contribution < 1.29 is 14.7 Å². The van der Waals surface area contributed by atoms with Crippen molar-refractivity contribution in [3.63, 3.8) is 0 Å². The van der Waals surface area contributed by atoms with Gasteiger partial charge in [-0.1, -0.05) is 19.8 Å². The maximum atomic E-state index is 11.7. The Hall–Kier alpha value is -1.10. The van der Waals surface area contributed by atoms with Gasteiger partial charge in [0, 0.05) is 25.0 Å². The van der Waals surface area contributed by atoms with E-state index in [1.54, 1.807) is 0 Å². The fraction of sp³-hybridized carbons (Fsp3) is 0.875. The molecule has 120 valence electrons. The van der Waals surface area contributed by atoms with Crippen LogP contribution in [0.2, 0.25) is 0 Å². The van der Waals surface area contributed by atoms with Crippen molar-refractivity contribution in [1.29, 1.82) is 0 Å². The van der Waals surface area contributed by atoms with Crippen LogP contribution in [0.15, 0.2) is 0 Å². The maximum absolute atomic E-state index is 11.7. The lowest BCUT2D eigenvalue weighted by Gasteiger charge is -2.42.